The number of benzene rings is 1. The van der Waals surface area contributed by atoms with Gasteiger partial charge in [-0.3, -0.25) is 4.79 Å². The van der Waals surface area contributed by atoms with Crippen LogP contribution in [0.2, 0.25) is 0 Å². The average Bonchev–Trinajstić information content (AvgIpc) is 2.55. The van der Waals surface area contributed by atoms with E-state index >= 15 is 0 Å². The maximum Gasteiger partial charge on any atom is 0.321 e. The number of amides is 3. The number of carbonyl (C=O) groups is 2. The highest BCUT2D eigenvalue weighted by molar-refractivity contribution is 5.89. The van der Waals surface area contributed by atoms with Gasteiger partial charge in [0.2, 0.25) is 5.91 Å². The van der Waals surface area contributed by atoms with Crippen LogP contribution >= 0.6 is 0 Å². The van der Waals surface area contributed by atoms with E-state index in [1.807, 2.05) is 0 Å². The summed E-state index contributed by atoms with van der Waals surface area (Å²) in [6, 6.07) is 7.07. The highest BCUT2D eigenvalue weighted by atomic mass is 16.5. The minimum Gasteiger partial charge on any atom is -0.497 e. The zero-order valence-corrected chi connectivity index (χ0v) is 12.4. The van der Waals surface area contributed by atoms with Crippen LogP contribution in [0.5, 0.6) is 5.75 Å². The van der Waals surface area contributed by atoms with E-state index in [1.54, 1.807) is 43.3 Å². The predicted molar refractivity (Wildman–Crippen MR) is 80.4 cm³/mol. The van der Waals surface area contributed by atoms with Gasteiger partial charge in [-0.05, 0) is 37.1 Å². The first-order chi connectivity index (χ1) is 10.1. The number of hydrogen-bond acceptors (Lipinski definition) is 3. The van der Waals surface area contributed by atoms with Gasteiger partial charge >= 0.3 is 6.03 Å². The van der Waals surface area contributed by atoms with Gasteiger partial charge in [0.05, 0.1) is 7.11 Å². The van der Waals surface area contributed by atoms with Crippen LogP contribution in [-0.4, -0.2) is 44.1 Å². The highest BCUT2D eigenvalue weighted by Crippen LogP contribution is 2.19. The molecule has 6 nitrogen and oxygen atoms in total. The Hall–Kier alpha value is -2.24. The number of rotatable bonds is 3. The number of anilines is 1. The summed E-state index contributed by atoms with van der Waals surface area (Å²) < 4.78 is 5.07. The van der Waals surface area contributed by atoms with Crippen molar-refractivity contribution in [2.45, 2.75) is 12.8 Å². The lowest BCUT2D eigenvalue weighted by molar-refractivity contribution is -0.125. The Morgan fingerprint density at radius 3 is 2.33 bits per heavy atom. The first-order valence-corrected chi connectivity index (χ1v) is 7.05. The predicted octanol–water partition coefficient (Wildman–Crippen LogP) is 1.69. The van der Waals surface area contributed by atoms with E-state index in [-0.39, 0.29) is 17.9 Å². The molecule has 2 rings (SSSR count). The maximum absolute atomic E-state index is 12.2. The topological polar surface area (TPSA) is 70.7 Å². The van der Waals surface area contributed by atoms with Crippen molar-refractivity contribution in [3.05, 3.63) is 24.3 Å². The van der Waals surface area contributed by atoms with Crippen LogP contribution < -0.4 is 15.4 Å². The van der Waals surface area contributed by atoms with Crippen LogP contribution in [0.1, 0.15) is 12.8 Å². The second-order valence-electron chi connectivity index (χ2n) is 5.03. The number of urea groups is 1. The Kier molecular flexibility index (Phi) is 5.03. The number of hydrogen-bond donors (Lipinski definition) is 2. The molecule has 0 bridgehead atoms. The van der Waals surface area contributed by atoms with E-state index in [9.17, 15) is 9.59 Å². The van der Waals surface area contributed by atoms with Gasteiger partial charge < -0.3 is 20.3 Å². The molecule has 0 aliphatic carbocycles. The summed E-state index contributed by atoms with van der Waals surface area (Å²) in [6.07, 6.45) is 1.41. The van der Waals surface area contributed by atoms with E-state index in [2.05, 4.69) is 10.6 Å². The smallest absolute Gasteiger partial charge is 0.321 e. The van der Waals surface area contributed by atoms with Gasteiger partial charge in [0.15, 0.2) is 0 Å². The number of ether oxygens (including phenoxy) is 1. The molecular weight excluding hydrogens is 270 g/mol. The summed E-state index contributed by atoms with van der Waals surface area (Å²) in [7, 11) is 3.25. The van der Waals surface area contributed by atoms with Crippen LogP contribution in [-0.2, 0) is 4.79 Å². The number of piperidine rings is 1. The first kappa shape index (κ1) is 15.2. The Balaban J connectivity index is 1.85. The summed E-state index contributed by atoms with van der Waals surface area (Å²) in [6.45, 7) is 1.19. The molecule has 0 unspecified atom stereocenters. The minimum atomic E-state index is -0.129. The maximum atomic E-state index is 12.2. The Bertz CT molecular complexity index is 493. The fourth-order valence-electron chi connectivity index (χ4n) is 2.43. The molecule has 2 N–H and O–H groups in total. The molecule has 21 heavy (non-hydrogen) atoms. The third-order valence-corrected chi connectivity index (χ3v) is 3.74. The van der Waals surface area contributed by atoms with Crippen molar-refractivity contribution >= 4 is 17.6 Å². The number of methoxy groups -OCH3 is 1. The quantitative estimate of drug-likeness (QED) is 0.890. The summed E-state index contributed by atoms with van der Waals surface area (Å²) in [5, 5.41) is 5.51. The second-order valence-corrected chi connectivity index (χ2v) is 5.03. The van der Waals surface area contributed by atoms with Gasteiger partial charge in [-0.1, -0.05) is 0 Å². The highest BCUT2D eigenvalue weighted by Gasteiger charge is 2.26. The van der Waals surface area contributed by atoms with Gasteiger partial charge in [-0.25, -0.2) is 4.79 Å². The van der Waals surface area contributed by atoms with Crippen LogP contribution in [0, 0.1) is 5.92 Å². The molecule has 1 saturated heterocycles. The number of nitrogens with one attached hydrogen (secondary N) is 2. The molecule has 1 heterocycles. The molecule has 3 amide bonds. The largest absolute Gasteiger partial charge is 0.497 e. The van der Waals surface area contributed by atoms with Gasteiger partial charge in [0.1, 0.15) is 5.75 Å². The van der Waals surface area contributed by atoms with E-state index in [0.717, 1.165) is 11.4 Å². The molecule has 1 aliphatic rings. The molecule has 0 saturated carbocycles. The molecule has 0 atom stereocenters. The molecule has 114 valence electrons. The monoisotopic (exact) mass is 291 g/mol. The molecule has 0 radical (unpaired) electrons. The number of carbonyl (C=O) groups excluding carboxylic acids is 2. The van der Waals surface area contributed by atoms with Crippen molar-refractivity contribution in [2.24, 2.45) is 5.92 Å². The molecule has 0 spiro atoms. The van der Waals surface area contributed by atoms with Crippen molar-refractivity contribution in [3.63, 3.8) is 0 Å². The fraction of sp³-hybridized carbons (Fsp3) is 0.467. The number of nitrogens with zero attached hydrogens (tertiary/aromatic N) is 1. The van der Waals surface area contributed by atoms with Gasteiger partial charge in [-0.15, -0.1) is 0 Å². The SMILES string of the molecule is CNC(=O)C1CCN(C(=O)Nc2ccc(OC)cc2)CC1. The molecule has 0 aromatic heterocycles. The van der Waals surface area contributed by atoms with Crippen LogP contribution in [0.15, 0.2) is 24.3 Å². The summed E-state index contributed by atoms with van der Waals surface area (Å²) in [4.78, 5) is 25.4. The van der Waals surface area contributed by atoms with E-state index in [4.69, 9.17) is 4.74 Å². The van der Waals surface area contributed by atoms with Crippen LogP contribution in [0.25, 0.3) is 0 Å². The third-order valence-electron chi connectivity index (χ3n) is 3.74. The van der Waals surface area contributed by atoms with Crippen molar-refractivity contribution in [2.75, 3.05) is 32.6 Å². The standard InChI is InChI=1S/C15H21N3O3/c1-16-14(19)11-7-9-18(10-8-11)15(20)17-12-3-5-13(21-2)6-4-12/h3-6,11H,7-10H2,1-2H3,(H,16,19)(H,17,20). The van der Waals surface area contributed by atoms with Crippen molar-refractivity contribution in [1.29, 1.82) is 0 Å². The zero-order valence-electron chi connectivity index (χ0n) is 12.4. The van der Waals surface area contributed by atoms with E-state index in [1.165, 1.54) is 0 Å². The van der Waals surface area contributed by atoms with Crippen molar-refractivity contribution < 1.29 is 14.3 Å². The molecule has 1 aromatic rings. The molecule has 1 fully saturated rings. The van der Waals surface area contributed by atoms with Gasteiger partial charge in [0.25, 0.3) is 0 Å². The van der Waals surface area contributed by atoms with Crippen LogP contribution in [0.3, 0.4) is 0 Å². The lowest BCUT2D eigenvalue weighted by Crippen LogP contribution is -2.44. The first-order valence-electron chi connectivity index (χ1n) is 7.05. The van der Waals surface area contributed by atoms with Crippen molar-refractivity contribution in [1.82, 2.24) is 10.2 Å². The molecular formula is C15H21N3O3. The lowest BCUT2D eigenvalue weighted by Gasteiger charge is -2.31. The zero-order chi connectivity index (χ0) is 15.2. The molecule has 1 aromatic carbocycles. The van der Waals surface area contributed by atoms with E-state index in [0.29, 0.717) is 25.9 Å². The summed E-state index contributed by atoms with van der Waals surface area (Å²) >= 11 is 0. The number of likely N-dealkylation sites (tertiary alicyclic amines) is 1. The van der Waals surface area contributed by atoms with E-state index < -0.39 is 0 Å². The van der Waals surface area contributed by atoms with Gasteiger partial charge in [-0.2, -0.15) is 0 Å². The third kappa shape index (κ3) is 3.87. The lowest BCUT2D eigenvalue weighted by atomic mass is 9.96. The molecule has 6 heteroatoms. The second kappa shape index (κ2) is 6.97. The normalized spacial score (nSPS) is 15.4. The summed E-state index contributed by atoms with van der Waals surface area (Å²) in [5.74, 6) is 0.824. The average molecular weight is 291 g/mol. The van der Waals surface area contributed by atoms with Crippen LogP contribution in [0.4, 0.5) is 10.5 Å². The van der Waals surface area contributed by atoms with Gasteiger partial charge in [0, 0.05) is 31.7 Å². The minimum absolute atomic E-state index is 0.0139. The Labute approximate surface area is 124 Å². The van der Waals surface area contributed by atoms with Crippen molar-refractivity contribution in [3.8, 4) is 5.75 Å². The fourth-order valence-corrected chi connectivity index (χ4v) is 2.43. The summed E-state index contributed by atoms with van der Waals surface area (Å²) in [5.41, 5.74) is 0.731. The Morgan fingerprint density at radius 1 is 1.19 bits per heavy atom. The Morgan fingerprint density at radius 2 is 1.81 bits per heavy atom. The molecule has 1 aliphatic heterocycles.